The molecule has 0 atom stereocenters. The lowest BCUT2D eigenvalue weighted by atomic mass is 9.48. The minimum atomic E-state index is -2.63. The standard InChI is InChI=1S/C20H23F2N3O2/c1-10-17-14(18(21)22)5-15(23-19(17)25(24-10)9-16(26)27)20-6-11-2-12(7-20)4-13(3-11)8-20/h5,11-13,18H,2-4,6-9H2,1H3,(H,26,27). The van der Waals surface area contributed by atoms with Crippen LogP contribution in [0.15, 0.2) is 6.07 Å². The van der Waals surface area contributed by atoms with Gasteiger partial charge in [0.1, 0.15) is 6.54 Å². The number of rotatable bonds is 4. The highest BCUT2D eigenvalue weighted by molar-refractivity contribution is 5.84. The number of alkyl halides is 2. The number of carboxylic acid groups (broad SMARTS) is 1. The first-order valence-corrected chi connectivity index (χ1v) is 9.73. The van der Waals surface area contributed by atoms with Crippen molar-refractivity contribution in [1.29, 1.82) is 0 Å². The molecule has 0 spiro atoms. The molecule has 0 aliphatic heterocycles. The Hall–Kier alpha value is -2.05. The Kier molecular flexibility index (Phi) is 3.62. The van der Waals surface area contributed by atoms with Gasteiger partial charge in [0.25, 0.3) is 6.43 Å². The molecule has 2 aromatic heterocycles. The van der Waals surface area contributed by atoms with Crippen LogP contribution in [-0.2, 0) is 16.8 Å². The van der Waals surface area contributed by atoms with E-state index < -0.39 is 12.4 Å². The highest BCUT2D eigenvalue weighted by atomic mass is 19.3. The zero-order valence-electron chi connectivity index (χ0n) is 15.3. The van der Waals surface area contributed by atoms with E-state index in [9.17, 15) is 18.7 Å². The molecular weight excluding hydrogens is 352 g/mol. The molecule has 4 aliphatic carbocycles. The Morgan fingerprint density at radius 3 is 2.37 bits per heavy atom. The molecule has 5 nitrogen and oxygen atoms in total. The first-order valence-electron chi connectivity index (χ1n) is 9.73. The maximum absolute atomic E-state index is 13.9. The first kappa shape index (κ1) is 17.1. The summed E-state index contributed by atoms with van der Waals surface area (Å²) in [6, 6.07) is 1.60. The van der Waals surface area contributed by atoms with Crippen LogP contribution in [0.25, 0.3) is 11.0 Å². The highest BCUT2D eigenvalue weighted by Crippen LogP contribution is 2.60. The molecule has 0 unspecified atom stereocenters. The third-order valence-corrected chi connectivity index (χ3v) is 7.01. The van der Waals surface area contributed by atoms with Gasteiger partial charge in [-0.1, -0.05) is 0 Å². The van der Waals surface area contributed by atoms with E-state index in [2.05, 4.69) is 5.10 Å². The molecule has 0 aromatic carbocycles. The van der Waals surface area contributed by atoms with Crippen LogP contribution in [0.3, 0.4) is 0 Å². The third kappa shape index (κ3) is 2.57. The number of hydrogen-bond donors (Lipinski definition) is 1. The number of carbonyl (C=O) groups is 1. The summed E-state index contributed by atoms with van der Waals surface area (Å²) < 4.78 is 29.1. The number of aryl methyl sites for hydroxylation is 1. The fraction of sp³-hybridized carbons (Fsp3) is 0.650. The molecule has 0 radical (unpaired) electrons. The highest BCUT2D eigenvalue weighted by Gasteiger charge is 2.52. The second-order valence-corrected chi connectivity index (χ2v) is 8.93. The van der Waals surface area contributed by atoms with E-state index in [-0.39, 0.29) is 17.5 Å². The van der Waals surface area contributed by atoms with Crippen molar-refractivity contribution in [2.24, 2.45) is 17.8 Å². The minimum Gasteiger partial charge on any atom is -0.480 e. The predicted molar refractivity (Wildman–Crippen MR) is 94.7 cm³/mol. The predicted octanol–water partition coefficient (Wildman–Crippen LogP) is 4.23. The van der Waals surface area contributed by atoms with Gasteiger partial charge < -0.3 is 5.11 Å². The van der Waals surface area contributed by atoms with Gasteiger partial charge in [0, 0.05) is 16.7 Å². The molecule has 0 amide bonds. The fourth-order valence-corrected chi connectivity index (χ4v) is 6.49. The maximum Gasteiger partial charge on any atom is 0.325 e. The molecule has 6 rings (SSSR count). The molecule has 27 heavy (non-hydrogen) atoms. The molecule has 0 saturated heterocycles. The Bertz CT molecular complexity index is 902. The third-order valence-electron chi connectivity index (χ3n) is 7.01. The summed E-state index contributed by atoms with van der Waals surface area (Å²) in [6.07, 6.45) is 4.21. The van der Waals surface area contributed by atoms with E-state index in [1.165, 1.54) is 23.9 Å². The lowest BCUT2D eigenvalue weighted by Crippen LogP contribution is -2.49. The van der Waals surface area contributed by atoms with Gasteiger partial charge >= 0.3 is 5.97 Å². The molecule has 7 heteroatoms. The van der Waals surface area contributed by atoms with Gasteiger partial charge in [0.2, 0.25) is 0 Å². The summed E-state index contributed by atoms with van der Waals surface area (Å²) in [5.74, 6) is 0.971. The lowest BCUT2D eigenvalue weighted by molar-refractivity contribution is -0.137. The molecule has 1 N–H and O–H groups in total. The van der Waals surface area contributed by atoms with Gasteiger partial charge in [0.15, 0.2) is 5.65 Å². The number of aliphatic carboxylic acids is 1. The summed E-state index contributed by atoms with van der Waals surface area (Å²) in [6.45, 7) is 1.27. The SMILES string of the molecule is Cc1nn(CC(=O)O)c2nc(C34CC5CC(CC(C5)C3)C4)cc(C(F)F)c12. The Balaban J connectivity index is 1.70. The molecule has 4 fully saturated rings. The zero-order valence-corrected chi connectivity index (χ0v) is 15.3. The molecule has 4 aliphatic rings. The Morgan fingerprint density at radius 1 is 1.26 bits per heavy atom. The van der Waals surface area contributed by atoms with Crippen LogP contribution in [0, 0.1) is 24.7 Å². The maximum atomic E-state index is 13.9. The van der Waals surface area contributed by atoms with Crippen LogP contribution in [0.2, 0.25) is 0 Å². The van der Waals surface area contributed by atoms with Crippen LogP contribution in [-0.4, -0.2) is 25.8 Å². The largest absolute Gasteiger partial charge is 0.480 e. The van der Waals surface area contributed by atoms with Crippen LogP contribution in [0.1, 0.15) is 61.9 Å². The van der Waals surface area contributed by atoms with Gasteiger partial charge in [-0.2, -0.15) is 5.10 Å². The van der Waals surface area contributed by atoms with Crippen molar-refractivity contribution in [1.82, 2.24) is 14.8 Å². The van der Waals surface area contributed by atoms with E-state index in [0.717, 1.165) is 25.0 Å². The number of fused-ring (bicyclic) bond motifs is 1. The average molecular weight is 375 g/mol. The van der Waals surface area contributed by atoms with E-state index >= 15 is 0 Å². The van der Waals surface area contributed by atoms with Crippen LogP contribution in [0.4, 0.5) is 8.78 Å². The summed E-state index contributed by atoms with van der Waals surface area (Å²) in [4.78, 5) is 16.0. The number of halogens is 2. The number of carboxylic acids is 1. The van der Waals surface area contributed by atoms with Crippen molar-refractivity contribution in [3.63, 3.8) is 0 Å². The Morgan fingerprint density at radius 2 is 1.85 bits per heavy atom. The van der Waals surface area contributed by atoms with Crippen molar-refractivity contribution in [3.8, 4) is 0 Å². The second kappa shape index (κ2) is 5.72. The number of aromatic nitrogens is 3. The quantitative estimate of drug-likeness (QED) is 0.868. The molecule has 2 heterocycles. The van der Waals surface area contributed by atoms with Crippen molar-refractivity contribution in [2.45, 2.75) is 63.8 Å². The normalized spacial score (nSPS) is 31.9. The van der Waals surface area contributed by atoms with Gasteiger partial charge in [0.05, 0.1) is 11.1 Å². The summed E-state index contributed by atoms with van der Waals surface area (Å²) in [5.41, 5.74) is 1.25. The first-order chi connectivity index (χ1) is 12.8. The van der Waals surface area contributed by atoms with E-state index in [1.807, 2.05) is 0 Å². The van der Waals surface area contributed by atoms with E-state index in [4.69, 9.17) is 4.98 Å². The summed E-state index contributed by atoms with van der Waals surface area (Å²) >= 11 is 0. The lowest BCUT2D eigenvalue weighted by Gasteiger charge is -2.56. The number of hydrogen-bond acceptors (Lipinski definition) is 3. The summed E-state index contributed by atoms with van der Waals surface area (Å²) in [7, 11) is 0. The smallest absolute Gasteiger partial charge is 0.325 e. The minimum absolute atomic E-state index is 0.0557. The van der Waals surface area contributed by atoms with E-state index in [1.54, 1.807) is 13.0 Å². The van der Waals surface area contributed by atoms with Gasteiger partial charge in [-0.15, -0.1) is 0 Å². The van der Waals surface area contributed by atoms with E-state index in [0.29, 0.717) is 34.5 Å². The average Bonchev–Trinajstić information content (AvgIpc) is 2.88. The fourth-order valence-electron chi connectivity index (χ4n) is 6.49. The van der Waals surface area contributed by atoms with Crippen LogP contribution >= 0.6 is 0 Å². The van der Waals surface area contributed by atoms with Crippen molar-refractivity contribution < 1.29 is 18.7 Å². The van der Waals surface area contributed by atoms with Gasteiger partial charge in [-0.05, 0) is 69.3 Å². The van der Waals surface area contributed by atoms with Crippen molar-refractivity contribution in [3.05, 3.63) is 23.0 Å². The number of pyridine rings is 1. The molecule has 144 valence electrons. The molecule has 2 aromatic rings. The zero-order chi connectivity index (χ0) is 18.9. The van der Waals surface area contributed by atoms with Crippen LogP contribution in [0.5, 0.6) is 0 Å². The molecular formula is C20H23F2N3O2. The summed E-state index contributed by atoms with van der Waals surface area (Å²) in [5, 5.41) is 13.7. The topological polar surface area (TPSA) is 68.0 Å². The Labute approximate surface area is 155 Å². The second-order valence-electron chi connectivity index (χ2n) is 8.93. The molecule has 4 saturated carbocycles. The van der Waals surface area contributed by atoms with Gasteiger partial charge in [-0.25, -0.2) is 18.4 Å². The molecule has 4 bridgehead atoms. The van der Waals surface area contributed by atoms with Crippen molar-refractivity contribution in [2.75, 3.05) is 0 Å². The van der Waals surface area contributed by atoms with Crippen molar-refractivity contribution >= 4 is 17.0 Å². The number of nitrogens with zero attached hydrogens (tertiary/aromatic N) is 3. The van der Waals surface area contributed by atoms with Crippen LogP contribution < -0.4 is 0 Å². The van der Waals surface area contributed by atoms with Gasteiger partial charge in [-0.3, -0.25) is 4.79 Å². The monoisotopic (exact) mass is 375 g/mol.